The van der Waals surface area contributed by atoms with Crippen molar-refractivity contribution >= 4 is 19.1 Å². The molecule has 0 atom stereocenters. The molecule has 0 radical (unpaired) electrons. The first-order chi connectivity index (χ1) is 8.04. The van der Waals surface area contributed by atoms with Crippen molar-refractivity contribution in [2.45, 2.75) is 32.9 Å². The summed E-state index contributed by atoms with van der Waals surface area (Å²) in [5.41, 5.74) is 2.62. The molecule has 92 valence electrons. The van der Waals surface area contributed by atoms with Crippen LogP contribution in [0.1, 0.15) is 25.3 Å². The lowest BCUT2D eigenvalue weighted by atomic mass is 10.0. The molecule has 0 aromatic heterocycles. The van der Waals surface area contributed by atoms with Crippen molar-refractivity contribution in [2.75, 3.05) is 6.61 Å². The van der Waals surface area contributed by atoms with Crippen molar-refractivity contribution in [3.8, 4) is 0 Å². The van der Waals surface area contributed by atoms with Gasteiger partial charge in [-0.15, -0.1) is 0 Å². The molecule has 2 rings (SSSR count). The fourth-order valence-corrected chi connectivity index (χ4v) is 4.06. The van der Waals surface area contributed by atoms with E-state index in [9.17, 15) is 0 Å². The second kappa shape index (κ2) is 4.79. The van der Waals surface area contributed by atoms with Crippen LogP contribution in [0.5, 0.6) is 0 Å². The summed E-state index contributed by atoms with van der Waals surface area (Å²) >= 11 is 0. The smallest absolute Gasteiger partial charge is 0.218 e. The summed E-state index contributed by atoms with van der Waals surface area (Å²) in [5.74, 6) is 0.748. The number of hydrogen-bond acceptors (Lipinski definition) is 1. The predicted molar refractivity (Wildman–Crippen MR) is 76.9 cm³/mol. The van der Waals surface area contributed by atoms with Crippen molar-refractivity contribution in [2.24, 2.45) is 5.92 Å². The van der Waals surface area contributed by atoms with Gasteiger partial charge in [-0.2, -0.15) is 0 Å². The van der Waals surface area contributed by atoms with Crippen molar-refractivity contribution in [3.05, 3.63) is 36.4 Å². The van der Waals surface area contributed by atoms with Crippen molar-refractivity contribution in [1.29, 1.82) is 0 Å². The molecule has 1 aromatic rings. The third-order valence-electron chi connectivity index (χ3n) is 3.53. The molecule has 0 amide bonds. The first-order valence-electron chi connectivity index (χ1n) is 6.48. The van der Waals surface area contributed by atoms with Gasteiger partial charge < -0.3 is 4.43 Å². The summed E-state index contributed by atoms with van der Waals surface area (Å²) in [4.78, 5) is 0. The molecule has 0 spiro atoms. The van der Waals surface area contributed by atoms with Gasteiger partial charge in [-0.25, -0.2) is 0 Å². The summed E-state index contributed by atoms with van der Waals surface area (Å²) in [6.45, 7) is 11.6. The van der Waals surface area contributed by atoms with E-state index in [-0.39, 0.29) is 0 Å². The fourth-order valence-electron chi connectivity index (χ4n) is 2.20. The summed E-state index contributed by atoms with van der Waals surface area (Å²) in [5, 5.41) is 1.37. The molecule has 0 N–H and O–H groups in total. The van der Waals surface area contributed by atoms with Crippen molar-refractivity contribution in [1.82, 2.24) is 0 Å². The Morgan fingerprint density at radius 3 is 2.35 bits per heavy atom. The van der Waals surface area contributed by atoms with Gasteiger partial charge >= 0.3 is 0 Å². The van der Waals surface area contributed by atoms with Gasteiger partial charge in [0, 0.05) is 6.61 Å². The van der Waals surface area contributed by atoms with E-state index < -0.39 is 8.32 Å². The van der Waals surface area contributed by atoms with E-state index in [1.165, 1.54) is 29.2 Å². The van der Waals surface area contributed by atoms with Crippen LogP contribution >= 0.6 is 0 Å². The number of rotatable bonds is 5. The van der Waals surface area contributed by atoms with Crippen LogP contribution in [0.3, 0.4) is 0 Å². The Bertz CT molecular complexity index is 401. The minimum Gasteiger partial charge on any atom is -0.413 e. The molecule has 1 aliphatic rings. The van der Waals surface area contributed by atoms with Gasteiger partial charge in [0.2, 0.25) is 8.32 Å². The SMILES string of the molecule is C=C(c1ccc([Si](C)(C)OCC)cc1)C1CC1. The Balaban J connectivity index is 2.14. The van der Waals surface area contributed by atoms with Crippen LogP contribution in [0.4, 0.5) is 0 Å². The van der Waals surface area contributed by atoms with E-state index in [2.05, 4.69) is 50.9 Å². The van der Waals surface area contributed by atoms with E-state index in [4.69, 9.17) is 4.43 Å². The summed E-state index contributed by atoms with van der Waals surface area (Å²) in [6, 6.07) is 8.88. The largest absolute Gasteiger partial charge is 0.413 e. The van der Waals surface area contributed by atoms with E-state index in [0.717, 1.165) is 12.5 Å². The highest BCUT2D eigenvalue weighted by Crippen LogP contribution is 2.40. The molecule has 1 nitrogen and oxygen atoms in total. The van der Waals surface area contributed by atoms with E-state index in [1.807, 2.05) is 0 Å². The van der Waals surface area contributed by atoms with Crippen LogP contribution in [0.25, 0.3) is 5.57 Å². The van der Waals surface area contributed by atoms with Crippen molar-refractivity contribution < 1.29 is 4.43 Å². The Kier molecular flexibility index (Phi) is 3.55. The molecule has 0 heterocycles. The molecule has 0 bridgehead atoms. The first kappa shape index (κ1) is 12.6. The average Bonchev–Trinajstić information content (AvgIpc) is 3.12. The van der Waals surface area contributed by atoms with E-state index in [1.54, 1.807) is 0 Å². The van der Waals surface area contributed by atoms with Crippen LogP contribution < -0.4 is 5.19 Å². The lowest BCUT2D eigenvalue weighted by Gasteiger charge is -2.22. The minimum atomic E-state index is -1.68. The van der Waals surface area contributed by atoms with Crippen LogP contribution in [0.15, 0.2) is 30.8 Å². The second-order valence-corrected chi connectivity index (χ2v) is 9.21. The zero-order chi connectivity index (χ0) is 12.5. The standard InChI is InChI=1S/C15H22OSi/c1-5-16-17(3,4)15-10-8-14(9-11-15)12(2)13-6-7-13/h8-11,13H,2,5-7H2,1,3-4H3. The van der Waals surface area contributed by atoms with Crippen molar-refractivity contribution in [3.63, 3.8) is 0 Å². The van der Waals surface area contributed by atoms with Crippen LogP contribution in [0, 0.1) is 5.92 Å². The minimum absolute atomic E-state index is 0.748. The molecule has 1 aromatic carbocycles. The van der Waals surface area contributed by atoms with Crippen LogP contribution in [-0.4, -0.2) is 14.9 Å². The Labute approximate surface area is 106 Å². The zero-order valence-corrected chi connectivity index (χ0v) is 12.1. The van der Waals surface area contributed by atoms with Crippen LogP contribution in [0.2, 0.25) is 13.1 Å². The fraction of sp³-hybridized carbons (Fsp3) is 0.467. The number of benzene rings is 1. The molecule has 0 aliphatic heterocycles. The number of allylic oxidation sites excluding steroid dienone is 1. The van der Waals surface area contributed by atoms with Gasteiger partial charge in [-0.1, -0.05) is 30.8 Å². The quantitative estimate of drug-likeness (QED) is 0.722. The van der Waals surface area contributed by atoms with Gasteiger partial charge in [-0.3, -0.25) is 0 Å². The monoisotopic (exact) mass is 246 g/mol. The maximum Gasteiger partial charge on any atom is 0.218 e. The lowest BCUT2D eigenvalue weighted by Crippen LogP contribution is -2.44. The molecule has 1 saturated carbocycles. The Morgan fingerprint density at radius 2 is 1.88 bits per heavy atom. The zero-order valence-electron chi connectivity index (χ0n) is 11.1. The molecule has 17 heavy (non-hydrogen) atoms. The molecular weight excluding hydrogens is 224 g/mol. The first-order valence-corrected chi connectivity index (χ1v) is 9.39. The highest BCUT2D eigenvalue weighted by Gasteiger charge is 2.27. The maximum absolute atomic E-state index is 5.89. The molecule has 2 heteroatoms. The molecular formula is C15H22OSi. The summed E-state index contributed by atoms with van der Waals surface area (Å²) in [6.07, 6.45) is 2.64. The molecule has 1 aliphatic carbocycles. The molecule has 0 saturated heterocycles. The lowest BCUT2D eigenvalue weighted by molar-refractivity contribution is 0.339. The predicted octanol–water partition coefficient (Wildman–Crippen LogP) is 3.56. The van der Waals surface area contributed by atoms with Gasteiger partial charge in [0.25, 0.3) is 0 Å². The summed E-state index contributed by atoms with van der Waals surface area (Å²) < 4.78 is 5.89. The average molecular weight is 246 g/mol. The maximum atomic E-state index is 5.89. The van der Waals surface area contributed by atoms with Gasteiger partial charge in [0.15, 0.2) is 0 Å². The summed E-state index contributed by atoms with van der Waals surface area (Å²) in [7, 11) is -1.68. The number of hydrogen-bond donors (Lipinski definition) is 0. The highest BCUT2D eigenvalue weighted by atomic mass is 28.4. The highest BCUT2D eigenvalue weighted by molar-refractivity contribution is 6.84. The van der Waals surface area contributed by atoms with E-state index in [0.29, 0.717) is 0 Å². The Hall–Kier alpha value is -0.863. The van der Waals surface area contributed by atoms with Gasteiger partial charge in [0.1, 0.15) is 0 Å². The third-order valence-corrected chi connectivity index (χ3v) is 6.26. The van der Waals surface area contributed by atoms with Gasteiger partial charge in [-0.05, 0) is 55.1 Å². The normalized spacial score (nSPS) is 15.9. The van der Waals surface area contributed by atoms with E-state index >= 15 is 0 Å². The van der Waals surface area contributed by atoms with Crippen LogP contribution in [-0.2, 0) is 4.43 Å². The van der Waals surface area contributed by atoms with Gasteiger partial charge in [0.05, 0.1) is 0 Å². The Morgan fingerprint density at radius 1 is 1.29 bits per heavy atom. The molecule has 0 unspecified atom stereocenters. The molecule has 1 fully saturated rings. The third kappa shape index (κ3) is 2.88. The topological polar surface area (TPSA) is 9.23 Å². The second-order valence-electron chi connectivity index (χ2n) is 5.32.